The summed E-state index contributed by atoms with van der Waals surface area (Å²) < 4.78 is 0. The molecule has 0 unspecified atom stereocenters. The summed E-state index contributed by atoms with van der Waals surface area (Å²) >= 11 is 0. The molecule has 5 nitrogen and oxygen atoms in total. The number of carbonyl (C=O) groups excluding carboxylic acids is 2. The maximum atomic E-state index is 12.9. The van der Waals surface area contributed by atoms with Crippen LogP contribution in [0, 0.1) is 0 Å². The Labute approximate surface area is 240 Å². The largest absolute Gasteiger partial charge is 0.372 e. The molecule has 0 bridgehead atoms. The minimum absolute atomic E-state index is 0.279. The van der Waals surface area contributed by atoms with Crippen LogP contribution in [0.3, 0.4) is 0 Å². The smallest absolute Gasteiger partial charge is 0.245 e. The lowest BCUT2D eigenvalue weighted by atomic mass is 10.1. The molecule has 224 valence electrons. The third kappa shape index (κ3) is 18.9. The normalized spacial score (nSPS) is 11.5. The Balaban J connectivity index is 2.54. The SMILES string of the molecule is CCCCCCCCCCCC(=O)O[N+](CCC)(Cc1ccccc1)OC(=O)CCCCCCCCCCC. The first-order valence-corrected chi connectivity index (χ1v) is 16.4. The van der Waals surface area contributed by atoms with Crippen LogP contribution in [0.25, 0.3) is 0 Å². The molecule has 1 aromatic carbocycles. The molecule has 5 heteroatoms. The van der Waals surface area contributed by atoms with Crippen LogP contribution < -0.4 is 0 Å². The summed E-state index contributed by atoms with van der Waals surface area (Å²) in [4.78, 5) is 37.4. The third-order valence-corrected chi connectivity index (χ3v) is 7.34. The lowest BCUT2D eigenvalue weighted by molar-refractivity contribution is -1.23. The van der Waals surface area contributed by atoms with Crippen LogP contribution in [-0.2, 0) is 25.8 Å². The number of hydroxylamine groups is 4. The first-order valence-electron chi connectivity index (χ1n) is 16.4. The molecule has 0 saturated carbocycles. The zero-order valence-corrected chi connectivity index (χ0v) is 25.7. The average molecular weight is 547 g/mol. The molecule has 0 atom stereocenters. The Morgan fingerprint density at radius 1 is 0.538 bits per heavy atom. The van der Waals surface area contributed by atoms with E-state index >= 15 is 0 Å². The Kier molecular flexibility index (Phi) is 21.6. The van der Waals surface area contributed by atoms with Gasteiger partial charge in [-0.3, -0.25) is 0 Å². The van der Waals surface area contributed by atoms with Gasteiger partial charge in [-0.15, -0.1) is 0 Å². The van der Waals surface area contributed by atoms with E-state index < -0.39 is 4.81 Å². The van der Waals surface area contributed by atoms with Gasteiger partial charge in [-0.1, -0.05) is 154 Å². The minimum Gasteiger partial charge on any atom is -0.245 e. The summed E-state index contributed by atoms with van der Waals surface area (Å²) in [6.45, 7) is 7.29. The molecule has 39 heavy (non-hydrogen) atoms. The highest BCUT2D eigenvalue weighted by molar-refractivity contribution is 5.69. The van der Waals surface area contributed by atoms with Crippen molar-refractivity contribution >= 4 is 11.9 Å². The van der Waals surface area contributed by atoms with E-state index in [-0.39, 0.29) is 11.9 Å². The van der Waals surface area contributed by atoms with Crippen molar-refractivity contribution in [3.8, 4) is 0 Å². The van der Waals surface area contributed by atoms with E-state index in [1.165, 1.54) is 77.0 Å². The first-order chi connectivity index (χ1) is 19.0. The Morgan fingerprint density at radius 3 is 1.31 bits per heavy atom. The molecular formula is C34H60NO4+. The number of benzene rings is 1. The van der Waals surface area contributed by atoms with Gasteiger partial charge in [0.15, 0.2) is 13.1 Å². The summed E-state index contributed by atoms with van der Waals surface area (Å²) in [7, 11) is 0. The number of nitrogens with zero attached hydrogens (tertiary/aromatic N) is 1. The van der Waals surface area contributed by atoms with Gasteiger partial charge in [0.1, 0.15) is 0 Å². The molecule has 0 aliphatic heterocycles. The monoisotopic (exact) mass is 546 g/mol. The first kappa shape index (κ1) is 35.1. The van der Waals surface area contributed by atoms with Gasteiger partial charge < -0.3 is 0 Å². The molecule has 0 fully saturated rings. The second kappa shape index (κ2) is 24.0. The van der Waals surface area contributed by atoms with E-state index in [0.717, 1.165) is 50.5 Å². The summed E-state index contributed by atoms with van der Waals surface area (Å²) in [5.41, 5.74) is 0.984. The minimum atomic E-state index is -0.396. The van der Waals surface area contributed by atoms with Gasteiger partial charge in [-0.05, 0) is 12.8 Å². The van der Waals surface area contributed by atoms with Crippen molar-refractivity contribution in [1.82, 2.24) is 0 Å². The van der Waals surface area contributed by atoms with Crippen LogP contribution in [0.2, 0.25) is 0 Å². The zero-order chi connectivity index (χ0) is 28.4. The van der Waals surface area contributed by atoms with Gasteiger partial charge in [0.05, 0.1) is 17.7 Å². The number of hydrogen-bond donors (Lipinski definition) is 0. The summed E-state index contributed by atoms with van der Waals surface area (Å²) in [5.74, 6) is -0.559. The second-order valence-electron chi connectivity index (χ2n) is 11.3. The van der Waals surface area contributed by atoms with Gasteiger partial charge in [-0.25, -0.2) is 19.3 Å². The van der Waals surface area contributed by atoms with E-state index in [1.807, 2.05) is 37.3 Å². The number of hydrogen-bond acceptors (Lipinski definition) is 4. The average Bonchev–Trinajstić information content (AvgIpc) is 2.92. The number of quaternary nitrogens is 1. The third-order valence-electron chi connectivity index (χ3n) is 7.34. The lowest BCUT2D eigenvalue weighted by Crippen LogP contribution is -2.50. The number of unbranched alkanes of at least 4 members (excludes halogenated alkanes) is 16. The van der Waals surface area contributed by atoms with Gasteiger partial charge in [-0.2, -0.15) is 0 Å². The van der Waals surface area contributed by atoms with E-state index in [9.17, 15) is 9.59 Å². The molecular weight excluding hydrogens is 486 g/mol. The summed E-state index contributed by atoms with van der Waals surface area (Å²) in [6, 6.07) is 9.87. The van der Waals surface area contributed by atoms with Gasteiger partial charge in [0.25, 0.3) is 0 Å². The van der Waals surface area contributed by atoms with Gasteiger partial charge >= 0.3 is 11.9 Å². The molecule has 1 rings (SSSR count). The van der Waals surface area contributed by atoms with Crippen molar-refractivity contribution in [3.63, 3.8) is 0 Å². The lowest BCUT2D eigenvalue weighted by Gasteiger charge is -2.30. The van der Waals surface area contributed by atoms with Gasteiger partial charge in [0.2, 0.25) is 0 Å². The molecule has 0 aromatic heterocycles. The Hall–Kier alpha value is -1.88. The van der Waals surface area contributed by atoms with Crippen molar-refractivity contribution < 1.29 is 24.1 Å². The quantitative estimate of drug-likeness (QED) is 0.0659. The maximum absolute atomic E-state index is 12.9. The number of carbonyl (C=O) groups is 2. The van der Waals surface area contributed by atoms with E-state index in [0.29, 0.717) is 25.9 Å². The van der Waals surface area contributed by atoms with Crippen molar-refractivity contribution in [1.29, 1.82) is 0 Å². The molecule has 0 aliphatic carbocycles. The van der Waals surface area contributed by atoms with Crippen molar-refractivity contribution in [2.75, 3.05) is 6.54 Å². The van der Waals surface area contributed by atoms with E-state index in [1.54, 1.807) is 0 Å². The predicted octanol–water partition coefficient (Wildman–Crippen LogP) is 10.2. The Bertz CT molecular complexity index is 685. The highest BCUT2D eigenvalue weighted by Gasteiger charge is 2.38. The van der Waals surface area contributed by atoms with Gasteiger partial charge in [0, 0.05) is 12.0 Å². The van der Waals surface area contributed by atoms with E-state index in [2.05, 4.69) is 13.8 Å². The second-order valence-corrected chi connectivity index (χ2v) is 11.3. The molecule has 0 spiro atoms. The van der Waals surface area contributed by atoms with Crippen molar-refractivity contribution in [2.45, 2.75) is 162 Å². The number of rotatable bonds is 26. The highest BCUT2D eigenvalue weighted by atomic mass is 17.0. The predicted molar refractivity (Wildman–Crippen MR) is 161 cm³/mol. The molecule has 0 saturated heterocycles. The van der Waals surface area contributed by atoms with Crippen LogP contribution >= 0.6 is 0 Å². The fourth-order valence-electron chi connectivity index (χ4n) is 5.08. The summed E-state index contributed by atoms with van der Waals surface area (Å²) in [6.07, 6.45) is 23.0. The zero-order valence-electron chi connectivity index (χ0n) is 25.7. The molecule has 0 heterocycles. The van der Waals surface area contributed by atoms with Crippen LogP contribution in [0.4, 0.5) is 0 Å². The fraction of sp³-hybridized carbons (Fsp3) is 0.765. The molecule has 0 amide bonds. The van der Waals surface area contributed by atoms with E-state index in [4.69, 9.17) is 9.68 Å². The van der Waals surface area contributed by atoms with Crippen LogP contribution in [0.1, 0.15) is 161 Å². The molecule has 0 aliphatic rings. The van der Waals surface area contributed by atoms with Crippen LogP contribution in [0.5, 0.6) is 0 Å². The fourth-order valence-corrected chi connectivity index (χ4v) is 5.08. The standard InChI is InChI=1S/C34H60NO4/c1-4-7-9-11-13-15-17-19-24-28-33(36)38-35(30-6-3,31-32-26-22-21-23-27-32)39-34(37)29-25-20-18-16-14-12-10-8-5-2/h21-23,26-27H,4-20,24-25,28-31H2,1-3H3/q+1. The maximum Gasteiger partial charge on any atom is 0.372 e. The topological polar surface area (TPSA) is 52.6 Å². The highest BCUT2D eigenvalue weighted by Crippen LogP contribution is 2.22. The van der Waals surface area contributed by atoms with Crippen molar-refractivity contribution in [3.05, 3.63) is 35.9 Å². The van der Waals surface area contributed by atoms with Crippen molar-refractivity contribution in [2.24, 2.45) is 0 Å². The molecule has 1 aromatic rings. The molecule has 0 N–H and O–H groups in total. The molecule has 0 radical (unpaired) electrons. The van der Waals surface area contributed by atoms with Crippen LogP contribution in [-0.4, -0.2) is 23.3 Å². The van der Waals surface area contributed by atoms with Crippen LogP contribution in [0.15, 0.2) is 30.3 Å². The Morgan fingerprint density at radius 2 is 0.923 bits per heavy atom. The summed E-state index contributed by atoms with van der Waals surface area (Å²) in [5, 5.41) is 0.